The molecule has 1 N–H and O–H groups in total. The Morgan fingerprint density at radius 1 is 1.10 bits per heavy atom. The highest BCUT2D eigenvalue weighted by molar-refractivity contribution is 6.30. The molecule has 1 unspecified atom stereocenters. The number of halogens is 1. The van der Waals surface area contributed by atoms with Crippen LogP contribution in [-0.4, -0.2) is 19.1 Å². The number of hydrogen-bond donors (Lipinski definition) is 1. The zero-order valence-electron chi connectivity index (χ0n) is 11.5. The first kappa shape index (κ1) is 14.1. The molecule has 2 aromatic rings. The van der Waals surface area contributed by atoms with Crippen LogP contribution in [0.3, 0.4) is 0 Å². The lowest BCUT2D eigenvalue weighted by molar-refractivity contribution is -0.131. The molecule has 3 rings (SSSR count). The lowest BCUT2D eigenvalue weighted by atomic mass is 10.0. The van der Waals surface area contributed by atoms with Crippen molar-refractivity contribution < 1.29 is 9.53 Å². The predicted octanol–water partition coefficient (Wildman–Crippen LogP) is 3.58. The Labute approximate surface area is 128 Å². The number of ether oxygens (including phenoxy) is 1. The minimum absolute atomic E-state index is 0.0687. The summed E-state index contributed by atoms with van der Waals surface area (Å²) >= 11 is 5.92. The highest BCUT2D eigenvalue weighted by atomic mass is 35.5. The van der Waals surface area contributed by atoms with Gasteiger partial charge in [-0.15, -0.1) is 0 Å². The van der Waals surface area contributed by atoms with Crippen LogP contribution in [-0.2, 0) is 9.53 Å². The fourth-order valence-corrected chi connectivity index (χ4v) is 2.55. The third-order valence-electron chi connectivity index (χ3n) is 3.51. The summed E-state index contributed by atoms with van der Waals surface area (Å²) in [6.07, 6.45) is 0.318. The Morgan fingerprint density at radius 3 is 2.71 bits per heavy atom. The average Bonchev–Trinajstić information content (AvgIpc) is 2.73. The molecular weight excluding hydrogens is 286 g/mol. The van der Waals surface area contributed by atoms with E-state index in [1.807, 2.05) is 48.5 Å². The van der Waals surface area contributed by atoms with Gasteiger partial charge in [0.25, 0.3) is 5.91 Å². The van der Waals surface area contributed by atoms with Gasteiger partial charge < -0.3 is 10.1 Å². The number of nitrogens with one attached hydrogen (secondary N) is 1. The van der Waals surface area contributed by atoms with Crippen molar-refractivity contribution in [3.8, 4) is 11.1 Å². The fourth-order valence-electron chi connectivity index (χ4n) is 2.42. The van der Waals surface area contributed by atoms with Gasteiger partial charge in [-0.1, -0.05) is 41.9 Å². The van der Waals surface area contributed by atoms with Gasteiger partial charge in [-0.2, -0.15) is 0 Å². The molecule has 1 aliphatic heterocycles. The van der Waals surface area contributed by atoms with E-state index in [2.05, 4.69) is 5.32 Å². The molecular formula is C17H16ClNO2. The van der Waals surface area contributed by atoms with Crippen molar-refractivity contribution in [3.63, 3.8) is 0 Å². The van der Waals surface area contributed by atoms with Gasteiger partial charge in [0.05, 0.1) is 0 Å². The molecule has 0 aliphatic carbocycles. The Bertz CT molecular complexity index is 639. The highest BCUT2D eigenvalue weighted by Crippen LogP contribution is 2.27. The van der Waals surface area contributed by atoms with Crippen molar-refractivity contribution in [1.29, 1.82) is 0 Å². The summed E-state index contributed by atoms with van der Waals surface area (Å²) in [4.78, 5) is 12.1. The zero-order valence-corrected chi connectivity index (χ0v) is 12.3. The Kier molecular flexibility index (Phi) is 4.23. The lowest BCUT2D eigenvalue weighted by Crippen LogP contribution is -2.28. The third-order valence-corrected chi connectivity index (χ3v) is 3.76. The van der Waals surface area contributed by atoms with Crippen LogP contribution < -0.4 is 5.32 Å². The van der Waals surface area contributed by atoms with Crippen molar-refractivity contribution in [1.82, 2.24) is 5.32 Å². The quantitative estimate of drug-likeness (QED) is 0.920. The first-order valence-electron chi connectivity index (χ1n) is 6.99. The van der Waals surface area contributed by atoms with Gasteiger partial charge in [-0.05, 0) is 41.3 Å². The van der Waals surface area contributed by atoms with Gasteiger partial charge >= 0.3 is 0 Å². The SMILES string of the molecule is O=C1NCCCOC1c1cccc(-c2ccc(Cl)cc2)c1. The number of benzene rings is 2. The van der Waals surface area contributed by atoms with Gasteiger partial charge in [0.1, 0.15) is 0 Å². The summed E-state index contributed by atoms with van der Waals surface area (Å²) in [5, 5.41) is 3.59. The molecule has 21 heavy (non-hydrogen) atoms. The van der Waals surface area contributed by atoms with E-state index < -0.39 is 6.10 Å². The molecule has 4 heteroatoms. The molecule has 108 valence electrons. The standard InChI is InChI=1S/C17H16ClNO2/c18-15-7-5-12(6-8-15)13-3-1-4-14(11-13)16-17(20)19-9-2-10-21-16/h1,3-8,11,16H,2,9-10H2,(H,19,20). The van der Waals surface area contributed by atoms with E-state index in [-0.39, 0.29) is 5.91 Å². The van der Waals surface area contributed by atoms with Crippen molar-refractivity contribution >= 4 is 17.5 Å². The predicted molar refractivity (Wildman–Crippen MR) is 83.2 cm³/mol. The first-order valence-corrected chi connectivity index (χ1v) is 7.37. The Balaban J connectivity index is 1.92. The third kappa shape index (κ3) is 3.26. The van der Waals surface area contributed by atoms with Crippen LogP contribution in [0.4, 0.5) is 0 Å². The Morgan fingerprint density at radius 2 is 1.90 bits per heavy atom. The van der Waals surface area contributed by atoms with Crippen molar-refractivity contribution in [3.05, 3.63) is 59.1 Å². The summed E-state index contributed by atoms with van der Waals surface area (Å²) in [7, 11) is 0. The molecule has 0 aromatic heterocycles. The second kappa shape index (κ2) is 6.29. The molecule has 1 heterocycles. The maximum atomic E-state index is 12.1. The van der Waals surface area contributed by atoms with Crippen molar-refractivity contribution in [2.45, 2.75) is 12.5 Å². The topological polar surface area (TPSA) is 38.3 Å². The van der Waals surface area contributed by atoms with Gasteiger partial charge in [0.2, 0.25) is 0 Å². The molecule has 0 saturated carbocycles. The monoisotopic (exact) mass is 301 g/mol. The fraction of sp³-hybridized carbons (Fsp3) is 0.235. The van der Waals surface area contributed by atoms with Crippen LogP contribution in [0.5, 0.6) is 0 Å². The van der Waals surface area contributed by atoms with E-state index >= 15 is 0 Å². The first-order chi connectivity index (χ1) is 10.2. The smallest absolute Gasteiger partial charge is 0.253 e. The van der Waals surface area contributed by atoms with Gasteiger partial charge in [0.15, 0.2) is 6.10 Å². The van der Waals surface area contributed by atoms with Crippen LogP contribution in [0.15, 0.2) is 48.5 Å². The van der Waals surface area contributed by atoms with Crippen LogP contribution in [0.1, 0.15) is 18.1 Å². The maximum Gasteiger partial charge on any atom is 0.253 e. The molecule has 0 spiro atoms. The summed E-state index contributed by atoms with van der Waals surface area (Å²) in [5.41, 5.74) is 2.99. The van der Waals surface area contributed by atoms with E-state index in [9.17, 15) is 4.79 Å². The molecule has 3 nitrogen and oxygen atoms in total. The molecule has 1 fully saturated rings. The largest absolute Gasteiger partial charge is 0.364 e. The average molecular weight is 302 g/mol. The molecule has 0 radical (unpaired) electrons. The van der Waals surface area contributed by atoms with Gasteiger partial charge in [-0.25, -0.2) is 0 Å². The number of hydrogen-bond acceptors (Lipinski definition) is 2. The number of carbonyl (C=O) groups excluding carboxylic acids is 1. The lowest BCUT2D eigenvalue weighted by Gasteiger charge is -2.15. The van der Waals surface area contributed by atoms with Crippen LogP contribution >= 0.6 is 11.6 Å². The number of carbonyl (C=O) groups is 1. The highest BCUT2D eigenvalue weighted by Gasteiger charge is 2.23. The summed E-state index contributed by atoms with van der Waals surface area (Å²) in [5.74, 6) is -0.0687. The zero-order chi connectivity index (χ0) is 14.7. The van der Waals surface area contributed by atoms with E-state index in [0.717, 1.165) is 23.1 Å². The van der Waals surface area contributed by atoms with E-state index in [0.29, 0.717) is 18.2 Å². The molecule has 1 saturated heterocycles. The molecule has 1 atom stereocenters. The summed E-state index contributed by atoms with van der Waals surface area (Å²) in [6, 6.07) is 15.5. The maximum absolute atomic E-state index is 12.1. The number of amides is 1. The van der Waals surface area contributed by atoms with Crippen molar-refractivity contribution in [2.24, 2.45) is 0 Å². The second-order valence-corrected chi connectivity index (χ2v) is 5.46. The summed E-state index contributed by atoms with van der Waals surface area (Å²) in [6.45, 7) is 1.26. The van der Waals surface area contributed by atoms with Gasteiger partial charge in [0, 0.05) is 18.2 Å². The number of rotatable bonds is 2. The Hall–Kier alpha value is -1.84. The molecule has 1 amide bonds. The van der Waals surface area contributed by atoms with Crippen molar-refractivity contribution in [2.75, 3.05) is 13.2 Å². The summed E-state index contributed by atoms with van der Waals surface area (Å²) < 4.78 is 5.68. The van der Waals surface area contributed by atoms with Crippen LogP contribution in [0.2, 0.25) is 5.02 Å². The van der Waals surface area contributed by atoms with Gasteiger partial charge in [-0.3, -0.25) is 4.79 Å². The van der Waals surface area contributed by atoms with E-state index in [1.54, 1.807) is 0 Å². The molecule has 2 aromatic carbocycles. The van der Waals surface area contributed by atoms with Crippen LogP contribution in [0, 0.1) is 0 Å². The van der Waals surface area contributed by atoms with E-state index in [1.165, 1.54) is 0 Å². The second-order valence-electron chi connectivity index (χ2n) is 5.03. The minimum atomic E-state index is -0.528. The molecule has 1 aliphatic rings. The normalized spacial score (nSPS) is 18.9. The van der Waals surface area contributed by atoms with E-state index in [4.69, 9.17) is 16.3 Å². The minimum Gasteiger partial charge on any atom is -0.364 e. The van der Waals surface area contributed by atoms with Crippen LogP contribution in [0.25, 0.3) is 11.1 Å². The molecule has 0 bridgehead atoms.